The highest BCUT2D eigenvalue weighted by molar-refractivity contribution is 7.53. The quantitative estimate of drug-likeness (QED) is 0.507. The molecular weight excluding hydrogens is 393 g/mol. The van der Waals surface area contributed by atoms with Crippen LogP contribution in [0.5, 0.6) is 0 Å². The first-order valence-electron chi connectivity index (χ1n) is 8.90. The Morgan fingerprint density at radius 1 is 1.26 bits per heavy atom. The fourth-order valence-corrected chi connectivity index (χ4v) is 5.12. The van der Waals surface area contributed by atoms with Gasteiger partial charge in [0.05, 0.1) is 18.5 Å². The van der Waals surface area contributed by atoms with Gasteiger partial charge in [0, 0.05) is 0 Å². The molecule has 3 rings (SSSR count). The largest absolute Gasteiger partial charge is 0.368 e. The number of halogens is 1. The number of anilines is 1. The summed E-state index contributed by atoms with van der Waals surface area (Å²) >= 11 is 6.12. The van der Waals surface area contributed by atoms with Crippen molar-refractivity contribution in [1.29, 1.82) is 0 Å². The molecule has 0 unspecified atom stereocenters. The highest BCUT2D eigenvalue weighted by Crippen LogP contribution is 2.53. The van der Waals surface area contributed by atoms with Crippen LogP contribution >= 0.6 is 19.2 Å². The molecular formula is C16H25ClN5O4P. The molecule has 11 heteroatoms. The third kappa shape index (κ3) is 4.27. The zero-order valence-corrected chi connectivity index (χ0v) is 17.5. The predicted molar refractivity (Wildman–Crippen MR) is 103 cm³/mol. The van der Waals surface area contributed by atoms with E-state index < -0.39 is 13.3 Å². The third-order valence-electron chi connectivity index (χ3n) is 4.18. The van der Waals surface area contributed by atoms with E-state index in [1.165, 1.54) is 0 Å². The molecule has 2 aromatic heterocycles. The Balaban J connectivity index is 1.89. The van der Waals surface area contributed by atoms with Gasteiger partial charge in [0.2, 0.25) is 5.95 Å². The fourth-order valence-electron chi connectivity index (χ4n) is 3.04. The predicted octanol–water partition coefficient (Wildman–Crippen LogP) is 3.92. The molecule has 1 aliphatic rings. The summed E-state index contributed by atoms with van der Waals surface area (Å²) in [5.41, 5.74) is 5.92. The van der Waals surface area contributed by atoms with Crippen molar-refractivity contribution in [2.45, 2.75) is 64.9 Å². The molecule has 0 amide bonds. The third-order valence-corrected chi connectivity index (χ3v) is 6.37. The minimum atomic E-state index is -3.43. The molecule has 0 radical (unpaired) electrons. The maximum atomic E-state index is 13.1. The Hall–Kier alpha value is -1.25. The first-order valence-corrected chi connectivity index (χ1v) is 11.0. The lowest BCUT2D eigenvalue weighted by Crippen LogP contribution is -2.43. The first kappa shape index (κ1) is 20.5. The van der Waals surface area contributed by atoms with Crippen LogP contribution in [0, 0.1) is 0 Å². The molecule has 150 valence electrons. The van der Waals surface area contributed by atoms with Crippen LogP contribution in [0.3, 0.4) is 0 Å². The van der Waals surface area contributed by atoms with Gasteiger partial charge < -0.3 is 19.5 Å². The van der Waals surface area contributed by atoms with Gasteiger partial charge in [-0.3, -0.25) is 9.13 Å². The van der Waals surface area contributed by atoms with E-state index in [0.717, 1.165) is 6.42 Å². The zero-order valence-electron chi connectivity index (χ0n) is 15.9. The Morgan fingerprint density at radius 3 is 2.41 bits per heavy atom. The van der Waals surface area contributed by atoms with Gasteiger partial charge in [-0.15, -0.1) is 0 Å². The van der Waals surface area contributed by atoms with Gasteiger partial charge >= 0.3 is 7.60 Å². The minimum Gasteiger partial charge on any atom is -0.368 e. The van der Waals surface area contributed by atoms with Crippen LogP contribution in [0.2, 0.25) is 5.15 Å². The second-order valence-electron chi connectivity index (χ2n) is 7.15. The number of nitrogens with zero attached hydrogens (tertiary/aromatic N) is 4. The zero-order chi connectivity index (χ0) is 19.8. The number of imidazole rings is 1. The Bertz CT molecular complexity index is 854. The van der Waals surface area contributed by atoms with Crippen molar-refractivity contribution in [3.05, 3.63) is 11.5 Å². The topological polar surface area (TPSA) is 114 Å². The molecule has 1 saturated carbocycles. The second-order valence-corrected chi connectivity index (χ2v) is 9.41. The van der Waals surface area contributed by atoms with Gasteiger partial charge in [-0.2, -0.15) is 9.97 Å². The molecule has 0 spiro atoms. The number of nitrogens with two attached hydrogens (primary N) is 1. The summed E-state index contributed by atoms with van der Waals surface area (Å²) < 4.78 is 32.2. The van der Waals surface area contributed by atoms with Gasteiger partial charge in [-0.1, -0.05) is 11.6 Å². The molecule has 2 aromatic rings. The van der Waals surface area contributed by atoms with Gasteiger partial charge in [-0.25, -0.2) is 4.98 Å². The summed E-state index contributed by atoms with van der Waals surface area (Å²) in [5, 5.41) is 0.183. The number of fused-ring (bicyclic) bond motifs is 1. The van der Waals surface area contributed by atoms with Crippen molar-refractivity contribution in [1.82, 2.24) is 19.5 Å². The number of rotatable bonds is 8. The summed E-state index contributed by atoms with van der Waals surface area (Å²) in [4.78, 5) is 12.5. The van der Waals surface area contributed by atoms with Gasteiger partial charge in [0.25, 0.3) is 0 Å². The van der Waals surface area contributed by atoms with Crippen LogP contribution in [0.15, 0.2) is 6.33 Å². The Kier molecular flexibility index (Phi) is 5.80. The monoisotopic (exact) mass is 417 g/mol. The van der Waals surface area contributed by atoms with Crippen LogP contribution in [-0.2, 0) is 24.1 Å². The number of hydrogen-bond acceptors (Lipinski definition) is 8. The molecule has 0 atom stereocenters. The van der Waals surface area contributed by atoms with E-state index in [0.29, 0.717) is 24.0 Å². The van der Waals surface area contributed by atoms with E-state index in [1.807, 2.05) is 0 Å². The maximum Gasteiger partial charge on any atom is 0.356 e. The summed E-state index contributed by atoms with van der Waals surface area (Å²) in [6, 6.07) is 0. The minimum absolute atomic E-state index is 0.0562. The molecule has 9 nitrogen and oxygen atoms in total. The van der Waals surface area contributed by atoms with Gasteiger partial charge in [0.15, 0.2) is 17.1 Å². The average molecular weight is 418 g/mol. The SMILES string of the molecule is CC(C)OP(=O)(COC1(n2cnc3c(Cl)nc(N)nc32)CCC1)OC(C)C. The summed E-state index contributed by atoms with van der Waals surface area (Å²) in [6.45, 7) is 7.22. The van der Waals surface area contributed by atoms with Crippen LogP contribution in [-0.4, -0.2) is 38.1 Å². The van der Waals surface area contributed by atoms with Crippen LogP contribution in [0.4, 0.5) is 5.95 Å². The highest BCUT2D eigenvalue weighted by atomic mass is 35.5. The Labute approximate surface area is 163 Å². The standard InChI is InChI=1S/C16H25ClN5O4P/c1-10(2)25-27(23,26-11(3)4)9-24-16(6-5-7-16)22-8-19-12-13(17)20-15(18)21-14(12)22/h8,10-11H,5-7,9H2,1-4H3,(H2,18,20,21). The molecule has 2 N–H and O–H groups in total. The van der Waals surface area contributed by atoms with Crippen molar-refractivity contribution < 1.29 is 18.3 Å². The van der Waals surface area contributed by atoms with Gasteiger partial charge in [0.1, 0.15) is 11.2 Å². The smallest absolute Gasteiger partial charge is 0.356 e. The van der Waals surface area contributed by atoms with Crippen molar-refractivity contribution in [2.75, 3.05) is 12.1 Å². The number of hydrogen-bond donors (Lipinski definition) is 1. The van der Waals surface area contributed by atoms with E-state index >= 15 is 0 Å². The lowest BCUT2D eigenvalue weighted by Gasteiger charge is -2.43. The highest BCUT2D eigenvalue weighted by Gasteiger charge is 2.44. The van der Waals surface area contributed by atoms with Crippen LogP contribution in [0.1, 0.15) is 47.0 Å². The van der Waals surface area contributed by atoms with Crippen LogP contribution < -0.4 is 5.73 Å². The average Bonchev–Trinajstić information content (AvgIpc) is 2.89. The van der Waals surface area contributed by atoms with E-state index in [9.17, 15) is 4.57 Å². The molecule has 0 aromatic carbocycles. The summed E-state index contributed by atoms with van der Waals surface area (Å²) in [5.74, 6) is 0.0562. The number of aromatic nitrogens is 4. The maximum absolute atomic E-state index is 13.1. The van der Waals surface area contributed by atoms with Crippen molar-refractivity contribution in [3.8, 4) is 0 Å². The number of ether oxygens (including phenoxy) is 1. The van der Waals surface area contributed by atoms with Gasteiger partial charge in [-0.05, 0) is 47.0 Å². The van der Waals surface area contributed by atoms with Crippen molar-refractivity contribution in [3.63, 3.8) is 0 Å². The van der Waals surface area contributed by atoms with E-state index in [-0.39, 0.29) is 29.7 Å². The lowest BCUT2D eigenvalue weighted by molar-refractivity contribution is -0.148. The Morgan fingerprint density at radius 2 is 1.89 bits per heavy atom. The fraction of sp³-hybridized carbons (Fsp3) is 0.688. The molecule has 2 heterocycles. The normalized spacial score (nSPS) is 17.0. The van der Waals surface area contributed by atoms with Crippen molar-refractivity contribution in [2.24, 2.45) is 0 Å². The first-order chi connectivity index (χ1) is 12.6. The van der Waals surface area contributed by atoms with Crippen LogP contribution in [0.25, 0.3) is 11.2 Å². The van der Waals surface area contributed by atoms with E-state index in [1.54, 1.807) is 38.6 Å². The lowest BCUT2D eigenvalue weighted by atomic mass is 9.88. The van der Waals surface area contributed by atoms with Crippen molar-refractivity contribution >= 4 is 36.3 Å². The summed E-state index contributed by atoms with van der Waals surface area (Å²) in [6.07, 6.45) is 3.30. The molecule has 27 heavy (non-hydrogen) atoms. The molecule has 0 bridgehead atoms. The molecule has 0 aliphatic heterocycles. The van der Waals surface area contributed by atoms with E-state index in [2.05, 4.69) is 15.0 Å². The summed E-state index contributed by atoms with van der Waals surface area (Å²) in [7, 11) is -3.43. The molecule has 0 saturated heterocycles. The molecule has 1 aliphatic carbocycles. The van der Waals surface area contributed by atoms with E-state index in [4.69, 9.17) is 31.1 Å². The molecule has 1 fully saturated rings. The number of nitrogen functional groups attached to an aromatic ring is 1. The second kappa shape index (κ2) is 7.64.